The van der Waals surface area contributed by atoms with Crippen molar-refractivity contribution in [3.8, 4) is 0 Å². The highest BCUT2D eigenvalue weighted by molar-refractivity contribution is 7.09. The van der Waals surface area contributed by atoms with Crippen molar-refractivity contribution in [2.75, 3.05) is 13.1 Å². The molecule has 0 saturated carbocycles. The van der Waals surface area contributed by atoms with Crippen molar-refractivity contribution in [2.45, 2.75) is 38.4 Å². The van der Waals surface area contributed by atoms with Gasteiger partial charge in [0.15, 0.2) is 0 Å². The van der Waals surface area contributed by atoms with E-state index in [1.165, 1.54) is 10.4 Å². The quantitative estimate of drug-likeness (QED) is 0.926. The Morgan fingerprint density at radius 2 is 2.05 bits per heavy atom. The summed E-state index contributed by atoms with van der Waals surface area (Å²) in [4.78, 5) is 4.15. The van der Waals surface area contributed by atoms with Crippen LogP contribution in [0.25, 0.3) is 0 Å². The van der Waals surface area contributed by atoms with Gasteiger partial charge in [-0.05, 0) is 37.3 Å². The number of thiophene rings is 1. The fraction of sp³-hybridized carbons (Fsp3) is 0.444. The van der Waals surface area contributed by atoms with E-state index in [1.54, 1.807) is 0 Å². The summed E-state index contributed by atoms with van der Waals surface area (Å²) in [5.74, 6) is 0. The number of benzene rings is 1. The first-order valence-electron chi connectivity index (χ1n) is 7.80. The molecule has 1 N–H and O–H groups in total. The molecule has 2 nitrogen and oxygen atoms in total. The second-order valence-corrected chi connectivity index (χ2v) is 7.08. The molecule has 0 bridgehead atoms. The molecule has 1 saturated heterocycles. The van der Waals surface area contributed by atoms with Gasteiger partial charge in [-0.3, -0.25) is 4.90 Å². The van der Waals surface area contributed by atoms with Gasteiger partial charge >= 0.3 is 0 Å². The minimum atomic E-state index is 0.452. The lowest BCUT2D eigenvalue weighted by molar-refractivity contribution is 0.0990. The van der Waals surface area contributed by atoms with Crippen LogP contribution in [0.4, 0.5) is 0 Å². The average molecular weight is 300 g/mol. The first-order chi connectivity index (χ1) is 10.2. The Morgan fingerprint density at radius 1 is 1.24 bits per heavy atom. The van der Waals surface area contributed by atoms with Crippen LogP contribution in [-0.2, 0) is 6.42 Å². The monoisotopic (exact) mass is 300 g/mol. The van der Waals surface area contributed by atoms with Gasteiger partial charge in [0.1, 0.15) is 0 Å². The van der Waals surface area contributed by atoms with Crippen molar-refractivity contribution >= 4 is 11.3 Å². The van der Waals surface area contributed by atoms with Crippen molar-refractivity contribution in [3.05, 3.63) is 58.3 Å². The topological polar surface area (TPSA) is 15.3 Å². The van der Waals surface area contributed by atoms with E-state index in [-0.39, 0.29) is 0 Å². The van der Waals surface area contributed by atoms with Crippen LogP contribution in [0.1, 0.15) is 30.3 Å². The number of rotatable bonds is 4. The normalized spacial score (nSPS) is 24.9. The lowest BCUT2D eigenvalue weighted by atomic mass is 10.00. The Balaban J connectivity index is 1.68. The molecule has 1 aliphatic rings. The lowest BCUT2D eigenvalue weighted by Gasteiger charge is -2.42. The van der Waals surface area contributed by atoms with Crippen molar-refractivity contribution in [3.63, 3.8) is 0 Å². The Labute approximate surface area is 131 Å². The van der Waals surface area contributed by atoms with E-state index < -0.39 is 0 Å². The van der Waals surface area contributed by atoms with Crippen molar-refractivity contribution < 1.29 is 0 Å². The predicted molar refractivity (Wildman–Crippen MR) is 90.8 cm³/mol. The average Bonchev–Trinajstić information content (AvgIpc) is 3.01. The third-order valence-corrected chi connectivity index (χ3v) is 5.36. The molecule has 2 heterocycles. The van der Waals surface area contributed by atoms with Crippen molar-refractivity contribution in [2.24, 2.45) is 0 Å². The van der Waals surface area contributed by atoms with Gasteiger partial charge in [0.2, 0.25) is 0 Å². The van der Waals surface area contributed by atoms with E-state index in [0.29, 0.717) is 18.1 Å². The van der Waals surface area contributed by atoms with Crippen LogP contribution in [0.5, 0.6) is 0 Å². The van der Waals surface area contributed by atoms with Crippen LogP contribution in [0.2, 0.25) is 0 Å². The fourth-order valence-electron chi connectivity index (χ4n) is 3.25. The molecule has 3 atom stereocenters. The third kappa shape index (κ3) is 3.54. The maximum atomic E-state index is 3.69. The number of hydrogen-bond acceptors (Lipinski definition) is 3. The van der Waals surface area contributed by atoms with Crippen LogP contribution in [0, 0.1) is 0 Å². The van der Waals surface area contributed by atoms with Crippen LogP contribution in [0.3, 0.4) is 0 Å². The predicted octanol–water partition coefficient (Wildman–Crippen LogP) is 3.71. The smallest absolute Gasteiger partial charge is 0.0450 e. The highest BCUT2D eigenvalue weighted by Crippen LogP contribution is 2.23. The van der Waals surface area contributed by atoms with Gasteiger partial charge in [-0.15, -0.1) is 11.3 Å². The Bertz CT molecular complexity index is 538. The van der Waals surface area contributed by atoms with Crippen LogP contribution >= 0.6 is 11.3 Å². The van der Waals surface area contributed by atoms with Gasteiger partial charge in [0.25, 0.3) is 0 Å². The Morgan fingerprint density at radius 3 is 2.76 bits per heavy atom. The van der Waals surface area contributed by atoms with Gasteiger partial charge < -0.3 is 5.32 Å². The van der Waals surface area contributed by atoms with Gasteiger partial charge in [-0.2, -0.15) is 0 Å². The summed E-state index contributed by atoms with van der Waals surface area (Å²) >= 11 is 1.87. The van der Waals surface area contributed by atoms with Crippen LogP contribution in [0.15, 0.2) is 47.8 Å². The molecule has 0 spiro atoms. The number of nitrogens with zero attached hydrogens (tertiary/aromatic N) is 1. The molecule has 0 radical (unpaired) electrons. The van der Waals surface area contributed by atoms with E-state index in [4.69, 9.17) is 0 Å². The molecule has 0 aliphatic carbocycles. The summed E-state index contributed by atoms with van der Waals surface area (Å²) in [6, 6.07) is 16.9. The first kappa shape index (κ1) is 14.8. The van der Waals surface area contributed by atoms with Gasteiger partial charge in [-0.25, -0.2) is 0 Å². The van der Waals surface area contributed by atoms with Gasteiger partial charge in [0.05, 0.1) is 0 Å². The molecule has 1 aromatic carbocycles. The molecule has 21 heavy (non-hydrogen) atoms. The van der Waals surface area contributed by atoms with Crippen molar-refractivity contribution in [1.29, 1.82) is 0 Å². The largest absolute Gasteiger partial charge is 0.307 e. The Kier molecular flexibility index (Phi) is 4.73. The summed E-state index contributed by atoms with van der Waals surface area (Å²) < 4.78 is 0. The summed E-state index contributed by atoms with van der Waals surface area (Å²) in [5.41, 5.74) is 1.40. The van der Waals surface area contributed by atoms with Gasteiger partial charge in [-0.1, -0.05) is 36.4 Å². The zero-order valence-corrected chi connectivity index (χ0v) is 13.6. The van der Waals surface area contributed by atoms with E-state index in [9.17, 15) is 0 Å². The minimum Gasteiger partial charge on any atom is -0.307 e. The zero-order chi connectivity index (χ0) is 14.7. The molecule has 3 heteroatoms. The SMILES string of the molecule is CC1CNC(c2ccccc2)CN1C(C)Cc1cccs1. The van der Waals surface area contributed by atoms with E-state index in [1.807, 2.05) is 11.3 Å². The van der Waals surface area contributed by atoms with Crippen molar-refractivity contribution in [1.82, 2.24) is 10.2 Å². The number of hydrogen-bond donors (Lipinski definition) is 1. The molecule has 112 valence electrons. The zero-order valence-electron chi connectivity index (χ0n) is 12.8. The maximum absolute atomic E-state index is 3.69. The van der Waals surface area contributed by atoms with E-state index >= 15 is 0 Å². The summed E-state index contributed by atoms with van der Waals surface area (Å²) in [5, 5.41) is 5.87. The third-order valence-electron chi connectivity index (χ3n) is 4.46. The standard InChI is InChI=1S/C18H24N2S/c1-14(11-17-9-6-10-21-17)20-13-18(19-12-15(20)2)16-7-4-3-5-8-16/h3-10,14-15,18-19H,11-13H2,1-2H3. The molecule has 1 aliphatic heterocycles. The highest BCUT2D eigenvalue weighted by Gasteiger charge is 2.29. The molecular weight excluding hydrogens is 276 g/mol. The molecule has 2 aromatic rings. The van der Waals surface area contributed by atoms with Crippen LogP contribution < -0.4 is 5.32 Å². The lowest BCUT2D eigenvalue weighted by Crippen LogP contribution is -2.54. The van der Waals surface area contributed by atoms with E-state index in [2.05, 4.69) is 71.9 Å². The van der Waals surface area contributed by atoms with Gasteiger partial charge in [0, 0.05) is 36.1 Å². The minimum absolute atomic E-state index is 0.452. The first-order valence-corrected chi connectivity index (χ1v) is 8.68. The Hall–Kier alpha value is -1.16. The fourth-order valence-corrected chi connectivity index (χ4v) is 4.07. The van der Waals surface area contributed by atoms with Crippen LogP contribution in [-0.4, -0.2) is 30.1 Å². The summed E-state index contributed by atoms with van der Waals surface area (Å²) in [6.45, 7) is 6.86. The molecule has 1 fully saturated rings. The number of nitrogens with one attached hydrogen (secondary N) is 1. The molecule has 3 unspecified atom stereocenters. The molecular formula is C18H24N2S. The maximum Gasteiger partial charge on any atom is 0.0450 e. The molecule has 3 rings (SSSR count). The molecule has 0 amide bonds. The summed E-state index contributed by atoms with van der Waals surface area (Å²) in [7, 11) is 0. The highest BCUT2D eigenvalue weighted by atomic mass is 32.1. The summed E-state index contributed by atoms with van der Waals surface area (Å²) in [6.07, 6.45) is 1.16. The second kappa shape index (κ2) is 6.73. The molecule has 1 aromatic heterocycles. The van der Waals surface area contributed by atoms with E-state index in [0.717, 1.165) is 19.5 Å². The second-order valence-electron chi connectivity index (χ2n) is 6.05. The number of piperazine rings is 1.